The van der Waals surface area contributed by atoms with Gasteiger partial charge in [0.25, 0.3) is 11.8 Å². The van der Waals surface area contributed by atoms with Gasteiger partial charge in [0.15, 0.2) is 0 Å². The number of aliphatic hydroxyl groups excluding tert-OH is 1. The Bertz CT molecular complexity index is 1780. The van der Waals surface area contributed by atoms with Gasteiger partial charge in [0.2, 0.25) is 0 Å². The Balaban J connectivity index is 1.15. The van der Waals surface area contributed by atoms with Crippen LogP contribution in [0.1, 0.15) is 72.9 Å². The first-order chi connectivity index (χ1) is 21.3. The van der Waals surface area contributed by atoms with Crippen LogP contribution in [-0.2, 0) is 11.3 Å². The van der Waals surface area contributed by atoms with Gasteiger partial charge in [-0.1, -0.05) is 18.2 Å². The van der Waals surface area contributed by atoms with E-state index < -0.39 is 6.10 Å². The predicted molar refractivity (Wildman–Crippen MR) is 169 cm³/mol. The lowest BCUT2D eigenvalue weighted by molar-refractivity contribution is -0.140. The summed E-state index contributed by atoms with van der Waals surface area (Å²) in [6.45, 7) is 6.73. The molecule has 3 aromatic heterocycles. The van der Waals surface area contributed by atoms with Crippen LogP contribution in [0.3, 0.4) is 0 Å². The lowest BCUT2D eigenvalue weighted by Crippen LogP contribution is -2.42. The number of hydrogen-bond donors (Lipinski definition) is 2. The highest BCUT2D eigenvalue weighted by Gasteiger charge is 2.47. The van der Waals surface area contributed by atoms with E-state index >= 15 is 0 Å². The van der Waals surface area contributed by atoms with Crippen LogP contribution in [0.25, 0.3) is 27.8 Å². The van der Waals surface area contributed by atoms with E-state index in [0.29, 0.717) is 36.4 Å². The summed E-state index contributed by atoms with van der Waals surface area (Å²) in [5, 5.41) is 16.1. The van der Waals surface area contributed by atoms with Gasteiger partial charge in [0.05, 0.1) is 22.3 Å². The number of para-hydroxylation sites is 1. The Morgan fingerprint density at radius 2 is 1.86 bits per heavy atom. The van der Waals surface area contributed by atoms with Crippen molar-refractivity contribution in [2.45, 2.75) is 83.0 Å². The molecule has 9 nitrogen and oxygen atoms in total. The summed E-state index contributed by atoms with van der Waals surface area (Å²) < 4.78 is 4.39. The zero-order chi connectivity index (χ0) is 30.3. The van der Waals surface area contributed by atoms with Crippen LogP contribution < -0.4 is 5.73 Å². The van der Waals surface area contributed by atoms with E-state index in [1.54, 1.807) is 11.8 Å². The molecule has 5 heterocycles. The maximum atomic E-state index is 13.6. The fraction of sp³-hybridized carbons (Fsp3) is 0.514. The summed E-state index contributed by atoms with van der Waals surface area (Å²) in [7, 11) is 0. The third-order valence-electron chi connectivity index (χ3n) is 11.0. The maximum absolute atomic E-state index is 13.6. The van der Waals surface area contributed by atoms with Crippen molar-refractivity contribution in [1.29, 1.82) is 0 Å². The van der Waals surface area contributed by atoms with Crippen LogP contribution in [0.15, 0.2) is 42.6 Å². The summed E-state index contributed by atoms with van der Waals surface area (Å²) in [6, 6.07) is 13.1. The number of fused-ring (bicyclic) bond motifs is 4. The van der Waals surface area contributed by atoms with Crippen LogP contribution in [0, 0.1) is 18.8 Å². The summed E-state index contributed by atoms with van der Waals surface area (Å²) in [6.07, 6.45) is 7.33. The van der Waals surface area contributed by atoms with Gasteiger partial charge in [-0.2, -0.15) is 5.10 Å². The molecule has 8 rings (SSSR count). The number of aryl methyl sites for hydroxylation is 1. The van der Waals surface area contributed by atoms with Crippen LogP contribution in [0.4, 0.5) is 0 Å². The minimum Gasteiger partial charge on any atom is -0.384 e. The van der Waals surface area contributed by atoms with E-state index in [4.69, 9.17) is 10.8 Å². The van der Waals surface area contributed by atoms with E-state index in [9.17, 15) is 14.7 Å². The summed E-state index contributed by atoms with van der Waals surface area (Å²) in [5.74, 6) is 1.32. The van der Waals surface area contributed by atoms with Gasteiger partial charge in [-0.25, -0.2) is 4.52 Å². The Morgan fingerprint density at radius 3 is 2.55 bits per heavy atom. The number of carbonyl (C=O) groups is 2. The predicted octanol–water partition coefficient (Wildman–Crippen LogP) is 4.32. The topological polar surface area (TPSA) is 109 Å². The molecule has 9 heteroatoms. The molecule has 0 radical (unpaired) electrons. The van der Waals surface area contributed by atoms with Gasteiger partial charge in [0, 0.05) is 55.4 Å². The summed E-state index contributed by atoms with van der Waals surface area (Å²) in [4.78, 5) is 29.8. The van der Waals surface area contributed by atoms with E-state index in [-0.39, 0.29) is 23.9 Å². The first kappa shape index (κ1) is 27.8. The number of aliphatic hydroxyl groups is 1. The van der Waals surface area contributed by atoms with Crippen molar-refractivity contribution in [3.05, 3.63) is 59.3 Å². The molecule has 230 valence electrons. The summed E-state index contributed by atoms with van der Waals surface area (Å²) in [5.41, 5.74) is 13.9. The second-order valence-electron chi connectivity index (χ2n) is 13.8. The molecule has 2 aliphatic heterocycles. The van der Waals surface area contributed by atoms with Gasteiger partial charge in [-0.3, -0.25) is 9.59 Å². The van der Waals surface area contributed by atoms with Crippen molar-refractivity contribution in [2.75, 3.05) is 19.6 Å². The van der Waals surface area contributed by atoms with Crippen molar-refractivity contribution in [3.8, 4) is 11.4 Å². The Labute approximate surface area is 257 Å². The number of rotatable bonds is 6. The molecule has 2 bridgehead atoms. The molecule has 2 saturated heterocycles. The minimum atomic E-state index is -0.954. The van der Waals surface area contributed by atoms with Gasteiger partial charge in [0.1, 0.15) is 11.8 Å². The van der Waals surface area contributed by atoms with Crippen LogP contribution in [-0.4, -0.2) is 78.7 Å². The van der Waals surface area contributed by atoms with Crippen molar-refractivity contribution in [2.24, 2.45) is 17.6 Å². The molecule has 1 aromatic carbocycles. The van der Waals surface area contributed by atoms with E-state index in [0.717, 1.165) is 61.2 Å². The number of likely N-dealkylation sites (tertiary alicyclic amines) is 2. The molecule has 2 amide bonds. The fourth-order valence-electron chi connectivity index (χ4n) is 8.29. The molecule has 2 aliphatic carbocycles. The lowest BCUT2D eigenvalue weighted by atomic mass is 9.88. The number of benzene rings is 1. The third-order valence-corrected chi connectivity index (χ3v) is 11.0. The number of hydrogen-bond acceptors (Lipinski definition) is 5. The number of carbonyl (C=O) groups excluding carboxylic acids is 2. The smallest absolute Gasteiger partial charge is 0.255 e. The van der Waals surface area contributed by atoms with E-state index in [1.165, 1.54) is 29.3 Å². The minimum absolute atomic E-state index is 0.0536. The number of amides is 2. The second-order valence-corrected chi connectivity index (χ2v) is 13.8. The number of aromatic nitrogens is 3. The van der Waals surface area contributed by atoms with E-state index in [1.807, 2.05) is 27.7 Å². The molecule has 4 fully saturated rings. The molecular weight excluding hydrogens is 552 g/mol. The van der Waals surface area contributed by atoms with Crippen molar-refractivity contribution in [3.63, 3.8) is 0 Å². The molecular formula is C35H42N6O3. The number of nitrogens with two attached hydrogens (primary N) is 1. The first-order valence-electron chi connectivity index (χ1n) is 16.4. The van der Waals surface area contributed by atoms with Crippen LogP contribution >= 0.6 is 0 Å². The largest absolute Gasteiger partial charge is 0.384 e. The zero-order valence-electron chi connectivity index (χ0n) is 25.7. The Hall–Kier alpha value is -3.69. The van der Waals surface area contributed by atoms with Gasteiger partial charge in [-0.05, 0) is 93.9 Å². The molecule has 4 aromatic rings. The first-order valence-corrected chi connectivity index (χ1v) is 16.4. The Morgan fingerprint density at radius 1 is 1.07 bits per heavy atom. The molecule has 3 unspecified atom stereocenters. The molecule has 3 N–H and O–H groups in total. The molecule has 2 saturated carbocycles. The molecule has 44 heavy (non-hydrogen) atoms. The lowest BCUT2D eigenvalue weighted by Gasteiger charge is -2.33. The quantitative estimate of drug-likeness (QED) is 0.346. The molecule has 4 atom stereocenters. The van der Waals surface area contributed by atoms with Crippen molar-refractivity contribution in [1.82, 2.24) is 24.0 Å². The maximum Gasteiger partial charge on any atom is 0.255 e. The SMILES string of the molecule is Cc1c(-c2cc3cccc(C4CCN(C(=O)C(C)O)CC4)c3n2CC2CC2)nn2cc(C(=O)N3CC4CCC3[C@@H]4N)ccc12. The average Bonchev–Trinajstić information content (AvgIpc) is 3.43. The van der Waals surface area contributed by atoms with Crippen molar-refractivity contribution >= 4 is 28.2 Å². The normalized spacial score (nSPS) is 24.6. The fourth-order valence-corrected chi connectivity index (χ4v) is 8.29. The monoisotopic (exact) mass is 594 g/mol. The zero-order valence-corrected chi connectivity index (χ0v) is 25.7. The van der Waals surface area contributed by atoms with E-state index in [2.05, 4.69) is 35.8 Å². The van der Waals surface area contributed by atoms with Crippen LogP contribution in [0.5, 0.6) is 0 Å². The highest BCUT2D eigenvalue weighted by atomic mass is 16.3. The van der Waals surface area contributed by atoms with Crippen LogP contribution in [0.2, 0.25) is 0 Å². The molecule has 4 aliphatic rings. The highest BCUT2D eigenvalue weighted by molar-refractivity contribution is 5.95. The molecule has 0 spiro atoms. The number of piperidine rings is 2. The summed E-state index contributed by atoms with van der Waals surface area (Å²) >= 11 is 0. The average molecular weight is 595 g/mol. The Kier molecular flexibility index (Phi) is 6.61. The van der Waals surface area contributed by atoms with Gasteiger partial charge >= 0.3 is 0 Å². The van der Waals surface area contributed by atoms with Gasteiger partial charge in [-0.15, -0.1) is 0 Å². The number of nitrogens with zero attached hydrogens (tertiary/aromatic N) is 5. The van der Waals surface area contributed by atoms with Crippen molar-refractivity contribution < 1.29 is 14.7 Å². The highest BCUT2D eigenvalue weighted by Crippen LogP contribution is 2.41. The third kappa shape index (κ3) is 4.46. The number of pyridine rings is 1. The second kappa shape index (κ2) is 10.4. The van der Waals surface area contributed by atoms with Gasteiger partial charge < -0.3 is 25.2 Å². The standard InChI is InChI=1S/C35H42N6O3/c1-20-28-10-9-26(35(44)40-18-25-8-11-29(40)31(25)36)19-41(28)37-32(20)30-16-24-4-3-5-27(33(24)39(30)17-22-6-7-22)23-12-14-38(15-13-23)34(43)21(2)42/h3-5,9-10,16,19,21-23,25,29,31,42H,6-8,11-15,17-18,36H2,1-2H3/t21?,25?,29?,31-/m1/s1.